The van der Waals surface area contributed by atoms with E-state index in [1.54, 1.807) is 12.3 Å². The molecule has 1 saturated heterocycles. The van der Waals surface area contributed by atoms with Crippen LogP contribution in [-0.4, -0.2) is 54.4 Å². The lowest BCUT2D eigenvalue weighted by atomic mass is 10.0. The minimum atomic E-state index is -0.514. The van der Waals surface area contributed by atoms with Gasteiger partial charge >= 0.3 is 5.97 Å². The fourth-order valence-electron chi connectivity index (χ4n) is 3.72. The van der Waals surface area contributed by atoms with Crippen molar-refractivity contribution in [1.29, 1.82) is 0 Å². The third kappa shape index (κ3) is 3.53. The van der Waals surface area contributed by atoms with Crippen molar-refractivity contribution < 1.29 is 9.53 Å². The Bertz CT molecular complexity index is 984. The van der Waals surface area contributed by atoms with Crippen LogP contribution in [0.15, 0.2) is 54.7 Å². The van der Waals surface area contributed by atoms with Gasteiger partial charge in [-0.25, -0.2) is 4.79 Å². The lowest BCUT2D eigenvalue weighted by molar-refractivity contribution is -0.147. The fourth-order valence-corrected chi connectivity index (χ4v) is 3.96. The van der Waals surface area contributed by atoms with E-state index in [0.717, 1.165) is 35.2 Å². The Kier molecular flexibility index (Phi) is 5.41. The van der Waals surface area contributed by atoms with Crippen LogP contribution in [0, 0.1) is 0 Å². The fraction of sp³-hybridized carbons (Fsp3) is 0.286. The van der Waals surface area contributed by atoms with Crippen LogP contribution >= 0.6 is 11.6 Å². The summed E-state index contributed by atoms with van der Waals surface area (Å²) in [5, 5.41) is 11.2. The molecule has 0 bridgehead atoms. The van der Waals surface area contributed by atoms with Gasteiger partial charge in [-0.1, -0.05) is 54.1 Å². The van der Waals surface area contributed by atoms with E-state index in [-0.39, 0.29) is 5.97 Å². The minimum Gasteiger partial charge on any atom is -0.468 e. The Morgan fingerprint density at radius 2 is 1.79 bits per heavy atom. The predicted octanol–water partition coefficient (Wildman–Crippen LogP) is 3.32. The Balaban J connectivity index is 1.57. The highest BCUT2D eigenvalue weighted by atomic mass is 35.5. The second-order valence-electron chi connectivity index (χ2n) is 6.73. The molecule has 0 N–H and O–H groups in total. The highest BCUT2D eigenvalue weighted by Crippen LogP contribution is 2.31. The van der Waals surface area contributed by atoms with Crippen molar-refractivity contribution in [3.05, 3.63) is 65.3 Å². The summed E-state index contributed by atoms with van der Waals surface area (Å²) in [7, 11) is 1.41. The molecule has 1 aliphatic rings. The van der Waals surface area contributed by atoms with E-state index in [4.69, 9.17) is 16.3 Å². The highest BCUT2D eigenvalue weighted by molar-refractivity contribution is 6.31. The van der Waals surface area contributed by atoms with E-state index < -0.39 is 6.04 Å². The number of anilines is 1. The molecule has 0 saturated carbocycles. The molecule has 28 heavy (non-hydrogen) atoms. The monoisotopic (exact) mass is 396 g/mol. The van der Waals surface area contributed by atoms with Crippen LogP contribution in [0.1, 0.15) is 11.6 Å². The first-order valence-corrected chi connectivity index (χ1v) is 9.58. The van der Waals surface area contributed by atoms with Crippen molar-refractivity contribution >= 4 is 34.2 Å². The molecule has 1 aromatic heterocycles. The van der Waals surface area contributed by atoms with Crippen molar-refractivity contribution in [3.8, 4) is 0 Å². The number of ether oxygens (including phenoxy) is 1. The molecule has 6 nitrogen and oxygen atoms in total. The van der Waals surface area contributed by atoms with Crippen molar-refractivity contribution in [3.63, 3.8) is 0 Å². The number of piperazine rings is 1. The van der Waals surface area contributed by atoms with Gasteiger partial charge in [-0.05, 0) is 11.6 Å². The van der Waals surface area contributed by atoms with Crippen molar-refractivity contribution in [2.45, 2.75) is 6.04 Å². The van der Waals surface area contributed by atoms with Gasteiger partial charge in [-0.3, -0.25) is 4.90 Å². The standard InChI is InChI=1S/C21H21ClN4O2/c1-28-21(27)19(17-8-4-5-9-18(17)22)25-10-12-26(13-11-25)20-16-7-3-2-6-15(16)14-23-24-20/h2-9,14,19H,10-13H2,1H3. The number of rotatable bonds is 4. The van der Waals surface area contributed by atoms with Gasteiger partial charge < -0.3 is 9.64 Å². The van der Waals surface area contributed by atoms with E-state index in [0.29, 0.717) is 18.1 Å². The molecule has 1 unspecified atom stereocenters. The van der Waals surface area contributed by atoms with Gasteiger partial charge in [0.25, 0.3) is 0 Å². The molecule has 4 rings (SSSR count). The third-order valence-electron chi connectivity index (χ3n) is 5.15. The first-order valence-electron chi connectivity index (χ1n) is 9.20. The first-order chi connectivity index (χ1) is 13.7. The second-order valence-corrected chi connectivity index (χ2v) is 7.13. The molecule has 3 aromatic rings. The molecule has 1 fully saturated rings. The number of methoxy groups -OCH3 is 1. The van der Waals surface area contributed by atoms with Crippen LogP contribution in [0.5, 0.6) is 0 Å². The lowest BCUT2D eigenvalue weighted by Gasteiger charge is -2.39. The maximum absolute atomic E-state index is 12.5. The largest absolute Gasteiger partial charge is 0.468 e. The van der Waals surface area contributed by atoms with Gasteiger partial charge in [-0.2, -0.15) is 5.10 Å². The Morgan fingerprint density at radius 3 is 2.54 bits per heavy atom. The van der Waals surface area contributed by atoms with E-state index in [2.05, 4.69) is 26.1 Å². The smallest absolute Gasteiger partial charge is 0.327 e. The van der Waals surface area contributed by atoms with E-state index in [1.165, 1.54) is 7.11 Å². The average molecular weight is 397 g/mol. The third-order valence-corrected chi connectivity index (χ3v) is 5.50. The van der Waals surface area contributed by atoms with Crippen molar-refractivity contribution in [2.24, 2.45) is 0 Å². The van der Waals surface area contributed by atoms with Crippen LogP contribution in [0.25, 0.3) is 10.8 Å². The maximum atomic E-state index is 12.5. The number of nitrogens with zero attached hydrogens (tertiary/aromatic N) is 4. The van der Waals surface area contributed by atoms with Gasteiger partial charge in [0.05, 0.1) is 13.3 Å². The van der Waals surface area contributed by atoms with Gasteiger partial charge in [0, 0.05) is 42.0 Å². The zero-order chi connectivity index (χ0) is 19.5. The number of hydrogen-bond acceptors (Lipinski definition) is 6. The van der Waals surface area contributed by atoms with E-state index in [9.17, 15) is 4.79 Å². The topological polar surface area (TPSA) is 58.6 Å². The molecule has 0 spiro atoms. The summed E-state index contributed by atoms with van der Waals surface area (Å²) < 4.78 is 5.07. The van der Waals surface area contributed by atoms with Crippen LogP contribution in [0.3, 0.4) is 0 Å². The normalized spacial score (nSPS) is 16.1. The summed E-state index contributed by atoms with van der Waals surface area (Å²) in [5.41, 5.74) is 0.773. The minimum absolute atomic E-state index is 0.300. The highest BCUT2D eigenvalue weighted by Gasteiger charge is 2.33. The number of carbonyl (C=O) groups excluding carboxylic acids is 1. The van der Waals surface area contributed by atoms with E-state index in [1.807, 2.05) is 36.4 Å². The van der Waals surface area contributed by atoms with Crippen LogP contribution in [-0.2, 0) is 9.53 Å². The van der Waals surface area contributed by atoms with Crippen LogP contribution in [0.4, 0.5) is 5.82 Å². The number of carbonyl (C=O) groups is 1. The first kappa shape index (κ1) is 18.7. The van der Waals surface area contributed by atoms with Crippen molar-refractivity contribution in [1.82, 2.24) is 15.1 Å². The molecule has 2 aromatic carbocycles. The van der Waals surface area contributed by atoms with Gasteiger partial charge in [0.1, 0.15) is 6.04 Å². The maximum Gasteiger partial charge on any atom is 0.327 e. The summed E-state index contributed by atoms with van der Waals surface area (Å²) in [6.45, 7) is 2.85. The molecular weight excluding hydrogens is 376 g/mol. The van der Waals surface area contributed by atoms with Gasteiger partial charge in [-0.15, -0.1) is 5.10 Å². The zero-order valence-electron chi connectivity index (χ0n) is 15.6. The SMILES string of the molecule is COC(=O)C(c1ccccc1Cl)N1CCN(c2nncc3ccccc23)CC1. The molecule has 7 heteroatoms. The quantitative estimate of drug-likeness (QED) is 0.630. The molecule has 144 valence electrons. The summed E-state index contributed by atoms with van der Waals surface area (Å²) in [6.07, 6.45) is 1.78. The lowest BCUT2D eigenvalue weighted by Crippen LogP contribution is -2.49. The Morgan fingerprint density at radius 1 is 1.07 bits per heavy atom. The van der Waals surface area contributed by atoms with Gasteiger partial charge in [0.2, 0.25) is 0 Å². The molecule has 1 aliphatic heterocycles. The predicted molar refractivity (Wildman–Crippen MR) is 110 cm³/mol. The zero-order valence-corrected chi connectivity index (χ0v) is 16.3. The number of fused-ring (bicyclic) bond motifs is 1. The van der Waals surface area contributed by atoms with E-state index >= 15 is 0 Å². The summed E-state index contributed by atoms with van der Waals surface area (Å²) in [5.74, 6) is 0.580. The summed E-state index contributed by atoms with van der Waals surface area (Å²) in [6, 6.07) is 15.0. The molecule has 0 radical (unpaired) electrons. The number of halogens is 1. The Labute approximate surface area is 168 Å². The molecule has 2 heterocycles. The second kappa shape index (κ2) is 8.12. The number of aromatic nitrogens is 2. The summed E-state index contributed by atoms with van der Waals surface area (Å²) >= 11 is 6.37. The Hall–Kier alpha value is -2.70. The molecule has 0 aliphatic carbocycles. The molecule has 1 atom stereocenters. The average Bonchev–Trinajstić information content (AvgIpc) is 2.75. The summed E-state index contributed by atoms with van der Waals surface area (Å²) in [4.78, 5) is 16.9. The van der Waals surface area contributed by atoms with Crippen LogP contribution in [0.2, 0.25) is 5.02 Å². The molecule has 0 amide bonds. The number of esters is 1. The van der Waals surface area contributed by atoms with Crippen molar-refractivity contribution in [2.75, 3.05) is 38.2 Å². The number of hydrogen-bond donors (Lipinski definition) is 0. The molecular formula is C21H21ClN4O2. The number of benzene rings is 2. The van der Waals surface area contributed by atoms with Gasteiger partial charge in [0.15, 0.2) is 5.82 Å². The van der Waals surface area contributed by atoms with Crippen LogP contribution < -0.4 is 4.90 Å².